The van der Waals surface area contributed by atoms with E-state index in [0.717, 1.165) is 120 Å². The number of aliphatic hydroxyl groups excluding tert-OH is 1. The van der Waals surface area contributed by atoms with Gasteiger partial charge in [-0.1, -0.05) is 254 Å². The molecule has 0 spiro atoms. The molecule has 0 aromatic rings. The first kappa shape index (κ1) is 81.1. The Morgan fingerprint density at radius 1 is 0.337 bits per heavy atom. The van der Waals surface area contributed by atoms with Gasteiger partial charge in [0.05, 0.1) is 26.4 Å². The molecule has 0 aromatic heterocycles. The van der Waals surface area contributed by atoms with E-state index in [0.29, 0.717) is 31.6 Å². The van der Waals surface area contributed by atoms with Crippen LogP contribution in [0.3, 0.4) is 0 Å². The van der Waals surface area contributed by atoms with E-state index in [1.165, 1.54) is 96.3 Å². The second-order valence-corrected chi connectivity index (χ2v) is 27.5. The zero-order valence-electron chi connectivity index (χ0n) is 53.8. The van der Waals surface area contributed by atoms with Crippen LogP contribution in [0.1, 0.15) is 306 Å². The van der Waals surface area contributed by atoms with Crippen LogP contribution in [-0.4, -0.2) is 96.7 Å². The topological polar surface area (TPSA) is 237 Å². The maximum Gasteiger partial charge on any atom is 0.472 e. The highest BCUT2D eigenvalue weighted by Crippen LogP contribution is 2.45. The number of esters is 4. The van der Waals surface area contributed by atoms with Gasteiger partial charge in [0.2, 0.25) is 0 Å². The van der Waals surface area contributed by atoms with E-state index >= 15 is 0 Å². The second-order valence-electron chi connectivity index (χ2n) is 24.6. The first-order valence-electron chi connectivity index (χ1n) is 33.3. The molecule has 0 aliphatic carbocycles. The first-order chi connectivity index (χ1) is 39.7. The summed E-state index contributed by atoms with van der Waals surface area (Å²) in [7, 11) is -9.89. The predicted molar refractivity (Wildman–Crippen MR) is 331 cm³/mol. The smallest absolute Gasteiger partial charge is 0.462 e. The molecule has 0 heterocycles. The lowest BCUT2D eigenvalue weighted by Gasteiger charge is -2.21. The van der Waals surface area contributed by atoms with Gasteiger partial charge in [0.25, 0.3) is 0 Å². The van der Waals surface area contributed by atoms with Gasteiger partial charge in [0.15, 0.2) is 12.2 Å². The van der Waals surface area contributed by atoms with Crippen molar-refractivity contribution in [1.29, 1.82) is 0 Å². The molecule has 0 bridgehead atoms. The largest absolute Gasteiger partial charge is 0.472 e. The Labute approximate surface area is 505 Å². The summed E-state index contributed by atoms with van der Waals surface area (Å²) in [5.41, 5.74) is 0. The standard InChI is InChI=1S/C64H124O17P2/c1-9-56(7)42-34-26-20-22-28-36-44-61(66)74-50-59(80-63(68)46-38-30-18-14-12-11-13-16-24-32-40-54(3)4)52-78-82(70,71)76-48-58(65)49-77-83(72,73)79-53-60(81-64(69)47-39-31-19-15-17-25-33-41-55(5)6)51-75-62(67)45-37-29-23-21-27-35-43-57(8)10-2/h54-60,65H,9-53H2,1-8H3,(H,70,71)(H,72,73)/t56?,57?,58-,59+,60+/m0/s1. The Hall–Kier alpha value is -1.94. The summed E-state index contributed by atoms with van der Waals surface area (Å²) in [5, 5.41) is 10.5. The third kappa shape index (κ3) is 56.3. The molecule has 0 radical (unpaired) electrons. The van der Waals surface area contributed by atoms with Gasteiger partial charge >= 0.3 is 39.5 Å². The molecule has 4 unspecified atom stereocenters. The van der Waals surface area contributed by atoms with Crippen LogP contribution in [0.5, 0.6) is 0 Å². The van der Waals surface area contributed by atoms with E-state index in [4.69, 9.17) is 37.0 Å². The minimum Gasteiger partial charge on any atom is -0.462 e. The van der Waals surface area contributed by atoms with E-state index in [9.17, 15) is 43.2 Å². The Morgan fingerprint density at radius 2 is 0.578 bits per heavy atom. The Balaban J connectivity index is 5.26. The molecule has 0 amide bonds. The SMILES string of the molecule is CCC(C)CCCCCCCCC(=O)OC[C@H](COP(=O)(O)OC[C@H](O)COP(=O)(O)OC[C@@H](COC(=O)CCCCCCCCC(C)CC)OC(=O)CCCCCCCCCC(C)C)OC(=O)CCCCCCCCCCCCC(C)C. The number of hydrogen-bond acceptors (Lipinski definition) is 15. The minimum atomic E-state index is -4.95. The molecule has 83 heavy (non-hydrogen) atoms. The zero-order valence-corrected chi connectivity index (χ0v) is 55.6. The average molecular weight is 1230 g/mol. The molecule has 0 fully saturated rings. The van der Waals surface area contributed by atoms with Gasteiger partial charge in [0, 0.05) is 25.7 Å². The van der Waals surface area contributed by atoms with Crippen molar-refractivity contribution in [3.63, 3.8) is 0 Å². The second kappa shape index (κ2) is 54.2. The van der Waals surface area contributed by atoms with Crippen LogP contribution >= 0.6 is 15.6 Å². The quantitative estimate of drug-likeness (QED) is 0.0222. The number of carbonyl (C=O) groups excluding carboxylic acids is 4. The molecule has 492 valence electrons. The van der Waals surface area contributed by atoms with Gasteiger partial charge in [-0.05, 0) is 49.4 Å². The van der Waals surface area contributed by atoms with Crippen LogP contribution in [0.15, 0.2) is 0 Å². The van der Waals surface area contributed by atoms with Crippen molar-refractivity contribution < 1.29 is 80.2 Å². The Bertz CT molecular complexity index is 1670. The van der Waals surface area contributed by atoms with Crippen molar-refractivity contribution in [2.75, 3.05) is 39.6 Å². The summed E-state index contributed by atoms with van der Waals surface area (Å²) in [6, 6.07) is 0. The van der Waals surface area contributed by atoms with Crippen LogP contribution in [0.25, 0.3) is 0 Å². The fraction of sp³-hybridized carbons (Fsp3) is 0.938. The molecule has 0 rings (SSSR count). The third-order valence-corrected chi connectivity index (χ3v) is 17.2. The molecule has 17 nitrogen and oxygen atoms in total. The number of unbranched alkanes of at least 4 members (excludes halogenated alkanes) is 25. The molecular weight excluding hydrogens is 1100 g/mol. The number of carbonyl (C=O) groups is 4. The molecule has 0 aliphatic rings. The van der Waals surface area contributed by atoms with Crippen molar-refractivity contribution in [1.82, 2.24) is 0 Å². The van der Waals surface area contributed by atoms with Crippen LogP contribution in [0, 0.1) is 23.7 Å². The lowest BCUT2D eigenvalue weighted by Crippen LogP contribution is -2.30. The van der Waals surface area contributed by atoms with Crippen molar-refractivity contribution in [3.05, 3.63) is 0 Å². The molecule has 0 aromatic carbocycles. The number of ether oxygens (including phenoxy) is 4. The van der Waals surface area contributed by atoms with Gasteiger partial charge in [-0.2, -0.15) is 0 Å². The maximum absolute atomic E-state index is 13.0. The van der Waals surface area contributed by atoms with Gasteiger partial charge in [-0.15, -0.1) is 0 Å². The molecule has 0 aliphatic heterocycles. The molecule has 7 atom stereocenters. The summed E-state index contributed by atoms with van der Waals surface area (Å²) >= 11 is 0. The van der Waals surface area contributed by atoms with Crippen LogP contribution in [0.2, 0.25) is 0 Å². The third-order valence-electron chi connectivity index (χ3n) is 15.3. The van der Waals surface area contributed by atoms with Gasteiger partial charge in [-0.25, -0.2) is 9.13 Å². The van der Waals surface area contributed by atoms with E-state index < -0.39 is 97.5 Å². The summed E-state index contributed by atoms with van der Waals surface area (Å²) in [6.45, 7) is 13.9. The summed E-state index contributed by atoms with van der Waals surface area (Å²) in [4.78, 5) is 72.2. The molecule has 0 saturated heterocycles. The number of phosphoric ester groups is 2. The van der Waals surface area contributed by atoms with Crippen LogP contribution < -0.4 is 0 Å². The average Bonchev–Trinajstić information content (AvgIpc) is 3.44. The number of rotatable bonds is 61. The summed E-state index contributed by atoms with van der Waals surface area (Å²) in [5.74, 6) is 0.767. The predicted octanol–water partition coefficient (Wildman–Crippen LogP) is 17.4. The minimum absolute atomic E-state index is 0.102. The summed E-state index contributed by atoms with van der Waals surface area (Å²) < 4.78 is 68.0. The van der Waals surface area contributed by atoms with E-state index in [1.54, 1.807) is 0 Å². The molecule has 3 N–H and O–H groups in total. The zero-order chi connectivity index (χ0) is 61.8. The van der Waals surface area contributed by atoms with Crippen molar-refractivity contribution in [2.24, 2.45) is 23.7 Å². The van der Waals surface area contributed by atoms with Crippen molar-refractivity contribution >= 4 is 39.5 Å². The van der Waals surface area contributed by atoms with Gasteiger partial charge in [-0.3, -0.25) is 37.3 Å². The van der Waals surface area contributed by atoms with Crippen LogP contribution in [-0.2, 0) is 65.4 Å². The Kier molecular flexibility index (Phi) is 53.0. The van der Waals surface area contributed by atoms with Gasteiger partial charge < -0.3 is 33.8 Å². The van der Waals surface area contributed by atoms with Crippen LogP contribution in [0.4, 0.5) is 0 Å². The fourth-order valence-electron chi connectivity index (χ4n) is 9.36. The van der Waals surface area contributed by atoms with Crippen molar-refractivity contribution in [3.8, 4) is 0 Å². The number of aliphatic hydroxyl groups is 1. The number of phosphoric acid groups is 2. The molecular formula is C64H124O17P2. The van der Waals surface area contributed by atoms with E-state index in [1.807, 2.05) is 0 Å². The molecule has 0 saturated carbocycles. The van der Waals surface area contributed by atoms with Gasteiger partial charge in [0.1, 0.15) is 19.3 Å². The van der Waals surface area contributed by atoms with E-state index in [-0.39, 0.29) is 25.7 Å². The van der Waals surface area contributed by atoms with Crippen molar-refractivity contribution in [2.45, 2.75) is 324 Å². The molecule has 19 heteroatoms. The number of hydrogen-bond donors (Lipinski definition) is 3. The highest BCUT2D eigenvalue weighted by molar-refractivity contribution is 7.47. The first-order valence-corrected chi connectivity index (χ1v) is 36.3. The van der Waals surface area contributed by atoms with E-state index in [2.05, 4.69) is 55.4 Å². The lowest BCUT2D eigenvalue weighted by molar-refractivity contribution is -0.161. The fourth-order valence-corrected chi connectivity index (χ4v) is 10.9. The lowest BCUT2D eigenvalue weighted by atomic mass is 10.00. The monoisotopic (exact) mass is 1230 g/mol. The normalized spacial score (nSPS) is 15.1. The summed E-state index contributed by atoms with van der Waals surface area (Å²) in [6.07, 6.45) is 33.6. The Morgan fingerprint density at radius 3 is 0.855 bits per heavy atom. The highest BCUT2D eigenvalue weighted by atomic mass is 31.2. The highest BCUT2D eigenvalue weighted by Gasteiger charge is 2.30. The maximum atomic E-state index is 13.0.